The predicted octanol–water partition coefficient (Wildman–Crippen LogP) is -0.178. The molecule has 1 atom stereocenters. The second-order valence-corrected chi connectivity index (χ2v) is 6.37. The first kappa shape index (κ1) is 12.9. The summed E-state index contributed by atoms with van der Waals surface area (Å²) in [6, 6.07) is 0. The highest BCUT2D eigenvalue weighted by Gasteiger charge is 2.28. The van der Waals surface area contributed by atoms with E-state index in [1.54, 1.807) is 13.8 Å². The summed E-state index contributed by atoms with van der Waals surface area (Å²) in [6.45, 7) is 4.47. The van der Waals surface area contributed by atoms with Gasteiger partial charge in [-0.3, -0.25) is 0 Å². The highest BCUT2D eigenvalue weighted by molar-refractivity contribution is 7.89. The van der Waals surface area contributed by atoms with Crippen molar-refractivity contribution in [1.29, 1.82) is 0 Å². The van der Waals surface area contributed by atoms with Gasteiger partial charge >= 0.3 is 0 Å². The first-order chi connectivity index (χ1) is 6.85. The fourth-order valence-corrected chi connectivity index (χ4v) is 3.29. The molecule has 90 valence electrons. The van der Waals surface area contributed by atoms with Gasteiger partial charge in [0.15, 0.2) is 0 Å². The molecule has 6 heteroatoms. The molecule has 1 fully saturated rings. The van der Waals surface area contributed by atoms with Crippen molar-refractivity contribution >= 4 is 10.0 Å². The Balaban J connectivity index is 2.51. The van der Waals surface area contributed by atoms with E-state index in [0.29, 0.717) is 6.61 Å². The maximum absolute atomic E-state index is 11.7. The third-order valence-electron chi connectivity index (χ3n) is 2.37. The van der Waals surface area contributed by atoms with Crippen molar-refractivity contribution in [2.45, 2.75) is 38.3 Å². The average Bonchev–Trinajstić information content (AvgIpc) is 2.54. The maximum atomic E-state index is 11.7. The molecule has 0 aromatic carbocycles. The Morgan fingerprint density at radius 3 is 2.67 bits per heavy atom. The van der Waals surface area contributed by atoms with Gasteiger partial charge in [0.1, 0.15) is 0 Å². The third kappa shape index (κ3) is 4.46. The minimum absolute atomic E-state index is 0.0381. The summed E-state index contributed by atoms with van der Waals surface area (Å²) >= 11 is 0. The molecule has 1 aliphatic heterocycles. The number of nitrogens with two attached hydrogens (primary N) is 1. The van der Waals surface area contributed by atoms with Crippen LogP contribution in [-0.4, -0.2) is 39.0 Å². The van der Waals surface area contributed by atoms with Crippen LogP contribution in [0.25, 0.3) is 0 Å². The molecule has 1 aliphatic rings. The van der Waals surface area contributed by atoms with Gasteiger partial charge in [0.05, 0.1) is 11.9 Å². The quantitative estimate of drug-likeness (QED) is 0.694. The summed E-state index contributed by atoms with van der Waals surface area (Å²) in [4.78, 5) is 0. The molecule has 1 rings (SSSR count). The van der Waals surface area contributed by atoms with E-state index in [1.165, 1.54) is 0 Å². The maximum Gasteiger partial charge on any atom is 0.214 e. The second kappa shape index (κ2) is 4.78. The Kier molecular flexibility index (Phi) is 4.11. The molecule has 15 heavy (non-hydrogen) atoms. The van der Waals surface area contributed by atoms with Gasteiger partial charge in [0.2, 0.25) is 10.0 Å². The molecule has 0 aromatic rings. The van der Waals surface area contributed by atoms with E-state index in [0.717, 1.165) is 12.8 Å². The minimum Gasteiger partial charge on any atom is -0.377 e. The summed E-state index contributed by atoms with van der Waals surface area (Å²) < 4.78 is 31.3. The molecule has 0 bridgehead atoms. The summed E-state index contributed by atoms with van der Waals surface area (Å²) in [5, 5.41) is 0. The molecule has 0 spiro atoms. The van der Waals surface area contributed by atoms with Gasteiger partial charge in [-0.1, -0.05) is 0 Å². The molecule has 0 radical (unpaired) electrons. The highest BCUT2D eigenvalue weighted by atomic mass is 32.2. The second-order valence-electron chi connectivity index (χ2n) is 4.61. The Morgan fingerprint density at radius 1 is 1.53 bits per heavy atom. The number of rotatable bonds is 5. The van der Waals surface area contributed by atoms with Gasteiger partial charge in [-0.25, -0.2) is 13.1 Å². The number of ether oxygens (including phenoxy) is 1. The standard InChI is InChI=1S/C9H20N2O3S/c1-9(2,7-10)11-15(12,13)6-8-4-3-5-14-8/h8,11H,3-7,10H2,1-2H3. The molecule has 1 unspecified atom stereocenters. The third-order valence-corrected chi connectivity index (χ3v) is 4.05. The van der Waals surface area contributed by atoms with Crippen LogP contribution in [-0.2, 0) is 14.8 Å². The van der Waals surface area contributed by atoms with E-state index in [9.17, 15) is 8.42 Å². The van der Waals surface area contributed by atoms with Crippen LogP contribution in [0.15, 0.2) is 0 Å². The lowest BCUT2D eigenvalue weighted by atomic mass is 10.1. The van der Waals surface area contributed by atoms with Crippen LogP contribution >= 0.6 is 0 Å². The average molecular weight is 236 g/mol. The number of hydrogen-bond acceptors (Lipinski definition) is 4. The monoisotopic (exact) mass is 236 g/mol. The largest absolute Gasteiger partial charge is 0.377 e. The molecule has 5 nitrogen and oxygen atoms in total. The molecule has 1 saturated heterocycles. The number of sulfonamides is 1. The van der Waals surface area contributed by atoms with Crippen LogP contribution in [0.5, 0.6) is 0 Å². The van der Waals surface area contributed by atoms with Crippen molar-refractivity contribution in [2.24, 2.45) is 5.73 Å². The Bertz CT molecular complexity index is 294. The lowest BCUT2D eigenvalue weighted by Gasteiger charge is -2.24. The molecule has 0 aromatic heterocycles. The summed E-state index contributed by atoms with van der Waals surface area (Å²) in [5.74, 6) is 0.0381. The zero-order valence-corrected chi connectivity index (χ0v) is 10.1. The van der Waals surface area contributed by atoms with Crippen molar-refractivity contribution < 1.29 is 13.2 Å². The van der Waals surface area contributed by atoms with E-state index in [-0.39, 0.29) is 18.4 Å². The molecule has 1 heterocycles. The fourth-order valence-electron chi connectivity index (χ4n) is 1.52. The van der Waals surface area contributed by atoms with E-state index < -0.39 is 15.6 Å². The summed E-state index contributed by atoms with van der Waals surface area (Å²) in [5.41, 5.74) is 4.88. The highest BCUT2D eigenvalue weighted by Crippen LogP contribution is 2.14. The van der Waals surface area contributed by atoms with E-state index >= 15 is 0 Å². The van der Waals surface area contributed by atoms with Gasteiger partial charge in [0, 0.05) is 18.7 Å². The van der Waals surface area contributed by atoms with Gasteiger partial charge in [-0.05, 0) is 26.7 Å². The van der Waals surface area contributed by atoms with Crippen molar-refractivity contribution in [2.75, 3.05) is 18.9 Å². The molecular formula is C9H20N2O3S. The minimum atomic E-state index is -3.29. The van der Waals surface area contributed by atoms with E-state index in [1.807, 2.05) is 0 Å². The lowest BCUT2D eigenvalue weighted by molar-refractivity contribution is 0.127. The Morgan fingerprint density at radius 2 is 2.20 bits per heavy atom. The molecule has 0 aliphatic carbocycles. The lowest BCUT2D eigenvalue weighted by Crippen LogP contribution is -2.50. The van der Waals surface area contributed by atoms with Gasteiger partial charge in [0.25, 0.3) is 0 Å². The zero-order chi connectivity index (χ0) is 11.5. The molecule has 0 amide bonds. The zero-order valence-electron chi connectivity index (χ0n) is 9.32. The summed E-state index contributed by atoms with van der Waals surface area (Å²) in [6.07, 6.45) is 1.61. The molecule has 0 saturated carbocycles. The van der Waals surface area contributed by atoms with Crippen molar-refractivity contribution in [1.82, 2.24) is 4.72 Å². The van der Waals surface area contributed by atoms with Crippen molar-refractivity contribution in [3.63, 3.8) is 0 Å². The fraction of sp³-hybridized carbons (Fsp3) is 1.00. The van der Waals surface area contributed by atoms with Gasteiger partial charge in [-0.15, -0.1) is 0 Å². The predicted molar refractivity (Wildman–Crippen MR) is 59.0 cm³/mol. The van der Waals surface area contributed by atoms with Gasteiger partial charge < -0.3 is 10.5 Å². The van der Waals surface area contributed by atoms with Gasteiger partial charge in [-0.2, -0.15) is 0 Å². The Hall–Kier alpha value is -0.170. The molecule has 3 N–H and O–H groups in total. The van der Waals surface area contributed by atoms with Crippen LogP contribution in [0.2, 0.25) is 0 Å². The van der Waals surface area contributed by atoms with Crippen LogP contribution in [0.3, 0.4) is 0 Å². The number of hydrogen-bond donors (Lipinski definition) is 2. The van der Waals surface area contributed by atoms with E-state index in [4.69, 9.17) is 10.5 Å². The molecular weight excluding hydrogens is 216 g/mol. The smallest absolute Gasteiger partial charge is 0.214 e. The SMILES string of the molecule is CC(C)(CN)NS(=O)(=O)CC1CCCO1. The van der Waals surface area contributed by atoms with Crippen molar-refractivity contribution in [3.05, 3.63) is 0 Å². The first-order valence-electron chi connectivity index (χ1n) is 5.18. The van der Waals surface area contributed by atoms with E-state index in [2.05, 4.69) is 4.72 Å². The topological polar surface area (TPSA) is 81.4 Å². The Labute approximate surface area is 91.4 Å². The van der Waals surface area contributed by atoms with Crippen LogP contribution in [0.4, 0.5) is 0 Å². The van der Waals surface area contributed by atoms with Crippen LogP contribution in [0.1, 0.15) is 26.7 Å². The van der Waals surface area contributed by atoms with Crippen LogP contribution in [0, 0.1) is 0 Å². The van der Waals surface area contributed by atoms with Crippen molar-refractivity contribution in [3.8, 4) is 0 Å². The van der Waals surface area contributed by atoms with Crippen LogP contribution < -0.4 is 10.5 Å². The first-order valence-corrected chi connectivity index (χ1v) is 6.83. The number of nitrogens with one attached hydrogen (secondary N) is 1. The normalized spacial score (nSPS) is 23.3. The summed E-state index contributed by atoms with van der Waals surface area (Å²) in [7, 11) is -3.29.